The van der Waals surface area contributed by atoms with Gasteiger partial charge in [-0.05, 0) is 17.7 Å². The number of rotatable bonds is 10. The van der Waals surface area contributed by atoms with Gasteiger partial charge in [0.25, 0.3) is 5.56 Å². The number of benzene rings is 2. The van der Waals surface area contributed by atoms with Gasteiger partial charge < -0.3 is 14.2 Å². The lowest BCUT2D eigenvalue weighted by atomic mass is 10.2. The molecule has 0 unspecified atom stereocenters. The second-order valence-corrected chi connectivity index (χ2v) is 6.78. The van der Waals surface area contributed by atoms with Crippen LogP contribution in [-0.2, 0) is 17.8 Å². The van der Waals surface area contributed by atoms with E-state index in [0.717, 1.165) is 5.56 Å². The van der Waals surface area contributed by atoms with Crippen molar-refractivity contribution in [1.82, 2.24) is 20.6 Å². The van der Waals surface area contributed by atoms with E-state index in [9.17, 15) is 14.4 Å². The molecule has 1 amide bonds. The molecule has 0 aliphatic carbocycles. The van der Waals surface area contributed by atoms with Crippen LogP contribution in [0.1, 0.15) is 23.2 Å². The zero-order valence-electron chi connectivity index (χ0n) is 18.1. The summed E-state index contributed by atoms with van der Waals surface area (Å²) in [5.74, 6) is 0.909. The number of H-pyrrole nitrogens is 2. The maximum absolute atomic E-state index is 12.0. The van der Waals surface area contributed by atoms with Crippen LogP contribution in [0.25, 0.3) is 0 Å². The van der Waals surface area contributed by atoms with Crippen molar-refractivity contribution in [3.63, 3.8) is 0 Å². The van der Waals surface area contributed by atoms with Crippen molar-refractivity contribution in [2.24, 2.45) is 5.10 Å². The van der Waals surface area contributed by atoms with Crippen molar-refractivity contribution in [2.45, 2.75) is 19.4 Å². The molecule has 0 aliphatic rings. The molecule has 1 aromatic heterocycles. The van der Waals surface area contributed by atoms with Gasteiger partial charge in [-0.3, -0.25) is 14.6 Å². The number of nitrogens with one attached hydrogen (secondary N) is 3. The van der Waals surface area contributed by atoms with Crippen molar-refractivity contribution >= 4 is 12.1 Å². The lowest BCUT2D eigenvalue weighted by Gasteiger charge is -2.15. The van der Waals surface area contributed by atoms with Gasteiger partial charge in [0, 0.05) is 18.4 Å². The highest BCUT2D eigenvalue weighted by atomic mass is 16.5. The molecule has 0 bridgehead atoms. The molecule has 33 heavy (non-hydrogen) atoms. The molecule has 0 fully saturated rings. The maximum atomic E-state index is 12.0. The summed E-state index contributed by atoms with van der Waals surface area (Å²) in [6, 6.07) is 13.1. The normalized spacial score (nSPS) is 10.7. The fourth-order valence-corrected chi connectivity index (χ4v) is 2.86. The van der Waals surface area contributed by atoms with Gasteiger partial charge in [-0.1, -0.05) is 30.3 Å². The highest BCUT2D eigenvalue weighted by Gasteiger charge is 2.14. The molecule has 3 rings (SSSR count). The zero-order chi connectivity index (χ0) is 23.6. The fourth-order valence-electron chi connectivity index (χ4n) is 2.86. The van der Waals surface area contributed by atoms with E-state index in [1.807, 2.05) is 35.3 Å². The van der Waals surface area contributed by atoms with E-state index in [1.165, 1.54) is 20.4 Å². The molecule has 2 aromatic carbocycles. The van der Waals surface area contributed by atoms with Crippen LogP contribution in [0.2, 0.25) is 0 Å². The SMILES string of the molecule is COc1cc(/C=N/NC(=O)CCc2n[nH]c(=O)[nH]c2=O)cc(OC)c1OCc1ccccc1. The Kier molecular flexibility index (Phi) is 7.95. The molecule has 172 valence electrons. The molecule has 0 atom stereocenters. The Morgan fingerprint density at radius 3 is 2.45 bits per heavy atom. The number of hydrazone groups is 1. The molecular weight excluding hydrogens is 430 g/mol. The van der Waals surface area contributed by atoms with Crippen LogP contribution < -0.4 is 30.9 Å². The Morgan fingerprint density at radius 1 is 1.12 bits per heavy atom. The van der Waals surface area contributed by atoms with Crippen LogP contribution in [0.5, 0.6) is 17.2 Å². The van der Waals surface area contributed by atoms with Gasteiger partial charge in [0.1, 0.15) is 12.3 Å². The summed E-state index contributed by atoms with van der Waals surface area (Å²) in [5.41, 5.74) is 2.68. The monoisotopic (exact) mass is 453 g/mol. The first-order chi connectivity index (χ1) is 16.0. The van der Waals surface area contributed by atoms with Crippen molar-refractivity contribution < 1.29 is 19.0 Å². The summed E-state index contributed by atoms with van der Waals surface area (Å²) >= 11 is 0. The summed E-state index contributed by atoms with van der Waals surface area (Å²) in [4.78, 5) is 36.6. The number of carbonyl (C=O) groups is 1. The Balaban J connectivity index is 1.63. The highest BCUT2D eigenvalue weighted by Crippen LogP contribution is 2.38. The second-order valence-electron chi connectivity index (χ2n) is 6.78. The van der Waals surface area contributed by atoms with Crippen molar-refractivity contribution in [3.05, 3.63) is 80.1 Å². The number of hydrogen-bond donors (Lipinski definition) is 3. The number of amides is 1. The maximum Gasteiger partial charge on any atom is 0.342 e. The van der Waals surface area contributed by atoms with Gasteiger partial charge in [0.2, 0.25) is 11.7 Å². The average Bonchev–Trinajstić information content (AvgIpc) is 2.82. The predicted molar refractivity (Wildman–Crippen MR) is 120 cm³/mol. The molecule has 0 aliphatic heterocycles. The van der Waals surface area contributed by atoms with Crippen LogP contribution in [0.4, 0.5) is 0 Å². The van der Waals surface area contributed by atoms with E-state index in [1.54, 1.807) is 12.1 Å². The van der Waals surface area contributed by atoms with Gasteiger partial charge in [-0.25, -0.2) is 15.3 Å². The number of hydrogen-bond acceptors (Lipinski definition) is 8. The highest BCUT2D eigenvalue weighted by molar-refractivity contribution is 5.84. The number of carbonyl (C=O) groups excluding carboxylic acids is 1. The third-order valence-corrected chi connectivity index (χ3v) is 4.48. The first-order valence-electron chi connectivity index (χ1n) is 9.92. The van der Waals surface area contributed by atoms with E-state index in [-0.39, 0.29) is 18.5 Å². The van der Waals surface area contributed by atoms with Crippen LogP contribution >= 0.6 is 0 Å². The van der Waals surface area contributed by atoms with Gasteiger partial charge in [0.05, 0.1) is 20.4 Å². The lowest BCUT2D eigenvalue weighted by molar-refractivity contribution is -0.121. The van der Waals surface area contributed by atoms with E-state index >= 15 is 0 Å². The number of aryl methyl sites for hydroxylation is 1. The van der Waals surface area contributed by atoms with E-state index in [2.05, 4.69) is 20.7 Å². The molecular formula is C22H23N5O6. The molecule has 3 N–H and O–H groups in total. The van der Waals surface area contributed by atoms with Crippen molar-refractivity contribution in [2.75, 3.05) is 14.2 Å². The first-order valence-corrected chi connectivity index (χ1v) is 9.92. The third-order valence-electron chi connectivity index (χ3n) is 4.48. The number of methoxy groups -OCH3 is 2. The number of nitrogens with zero attached hydrogens (tertiary/aromatic N) is 2. The van der Waals surface area contributed by atoms with E-state index in [0.29, 0.717) is 29.4 Å². The summed E-state index contributed by atoms with van der Waals surface area (Å²) in [5, 5.41) is 9.66. The Bertz CT molecular complexity index is 1210. The van der Waals surface area contributed by atoms with Gasteiger partial charge >= 0.3 is 5.69 Å². The predicted octanol–water partition coefficient (Wildman–Crippen LogP) is 1.14. The summed E-state index contributed by atoms with van der Waals surface area (Å²) in [6.07, 6.45) is 1.43. The largest absolute Gasteiger partial charge is 0.493 e. The average molecular weight is 453 g/mol. The number of aromatic nitrogens is 3. The minimum absolute atomic E-state index is 0.0433. The van der Waals surface area contributed by atoms with Crippen molar-refractivity contribution in [3.8, 4) is 17.2 Å². The molecule has 0 saturated heterocycles. The Morgan fingerprint density at radius 2 is 1.82 bits per heavy atom. The molecule has 0 spiro atoms. The Labute approximate surface area is 188 Å². The molecule has 0 radical (unpaired) electrons. The second kappa shape index (κ2) is 11.3. The van der Waals surface area contributed by atoms with Gasteiger partial charge in [0.15, 0.2) is 11.5 Å². The minimum Gasteiger partial charge on any atom is -0.493 e. The minimum atomic E-state index is -0.708. The zero-order valence-corrected chi connectivity index (χ0v) is 18.1. The first kappa shape index (κ1) is 23.3. The van der Waals surface area contributed by atoms with Crippen LogP contribution in [-0.4, -0.2) is 41.5 Å². The van der Waals surface area contributed by atoms with E-state index < -0.39 is 17.2 Å². The summed E-state index contributed by atoms with van der Waals surface area (Å²) in [7, 11) is 3.03. The molecule has 0 saturated carbocycles. The smallest absolute Gasteiger partial charge is 0.342 e. The topological polar surface area (TPSA) is 148 Å². The molecule has 11 heteroatoms. The van der Waals surface area contributed by atoms with Gasteiger partial charge in [-0.2, -0.15) is 10.2 Å². The van der Waals surface area contributed by atoms with Crippen LogP contribution in [0, 0.1) is 0 Å². The van der Waals surface area contributed by atoms with Crippen LogP contribution in [0.3, 0.4) is 0 Å². The molecule has 11 nitrogen and oxygen atoms in total. The van der Waals surface area contributed by atoms with Crippen molar-refractivity contribution in [1.29, 1.82) is 0 Å². The number of ether oxygens (including phenoxy) is 3. The van der Waals surface area contributed by atoms with Gasteiger partial charge in [-0.15, -0.1) is 0 Å². The van der Waals surface area contributed by atoms with E-state index in [4.69, 9.17) is 14.2 Å². The molecule has 1 heterocycles. The van der Waals surface area contributed by atoms with Crippen LogP contribution in [0.15, 0.2) is 57.2 Å². The lowest BCUT2D eigenvalue weighted by Crippen LogP contribution is -2.28. The standard InChI is InChI=1S/C22H23N5O6/c1-31-17-10-15(11-18(32-2)20(17)33-13-14-6-4-3-5-7-14)12-23-26-19(28)9-8-16-21(29)24-22(30)27-25-16/h3-7,10-12H,8-9,13H2,1-2H3,(H,26,28)(H2,24,27,29,30)/b23-12+. The quantitative estimate of drug-likeness (QED) is 0.308. The third kappa shape index (κ3) is 6.53. The number of aromatic amines is 2. The summed E-state index contributed by atoms with van der Waals surface area (Å²) < 4.78 is 16.8. The Hall–Kier alpha value is -4.41. The molecule has 3 aromatic rings. The summed E-state index contributed by atoms with van der Waals surface area (Å²) in [6.45, 7) is 0.337. The fraction of sp³-hybridized carbons (Fsp3) is 0.227.